The minimum Gasteiger partial charge on any atom is -0.330 e. The highest BCUT2D eigenvalue weighted by molar-refractivity contribution is 7.87. The van der Waals surface area contributed by atoms with E-state index in [1.807, 2.05) is 6.92 Å². The molecule has 2 rings (SSSR count). The maximum atomic E-state index is 12.4. The Labute approximate surface area is 123 Å². The maximum absolute atomic E-state index is 12.4. The van der Waals surface area contributed by atoms with Gasteiger partial charge in [0.25, 0.3) is 10.2 Å². The molecule has 0 bridgehead atoms. The first-order chi connectivity index (χ1) is 9.53. The Morgan fingerprint density at radius 3 is 2.30 bits per heavy atom. The van der Waals surface area contributed by atoms with Crippen molar-refractivity contribution < 1.29 is 8.42 Å². The van der Waals surface area contributed by atoms with Crippen LogP contribution in [0.25, 0.3) is 0 Å². The molecule has 1 heterocycles. The van der Waals surface area contributed by atoms with Crippen molar-refractivity contribution in [3.8, 4) is 0 Å². The minimum atomic E-state index is -3.32. The lowest BCUT2D eigenvalue weighted by Gasteiger charge is -2.33. The molecule has 5 nitrogen and oxygen atoms in total. The molecule has 118 valence electrons. The Bertz CT molecular complexity index is 385. The Balaban J connectivity index is 1.87. The first-order valence-corrected chi connectivity index (χ1v) is 9.44. The van der Waals surface area contributed by atoms with Gasteiger partial charge in [0, 0.05) is 19.1 Å². The van der Waals surface area contributed by atoms with Gasteiger partial charge in [-0.2, -0.15) is 17.4 Å². The van der Waals surface area contributed by atoms with Crippen molar-refractivity contribution in [2.75, 3.05) is 19.6 Å². The molecule has 0 aromatic carbocycles. The summed E-state index contributed by atoms with van der Waals surface area (Å²) in [6.07, 6.45) is 7.84. The molecule has 2 fully saturated rings. The summed E-state index contributed by atoms with van der Waals surface area (Å²) in [7, 11) is -3.32. The van der Waals surface area contributed by atoms with E-state index in [0.29, 0.717) is 31.5 Å². The largest absolute Gasteiger partial charge is 0.330 e. The highest BCUT2D eigenvalue weighted by Gasteiger charge is 2.30. The summed E-state index contributed by atoms with van der Waals surface area (Å²) < 4.78 is 29.3. The van der Waals surface area contributed by atoms with E-state index in [0.717, 1.165) is 25.7 Å². The fourth-order valence-corrected chi connectivity index (χ4v) is 4.93. The van der Waals surface area contributed by atoms with E-state index < -0.39 is 10.2 Å². The van der Waals surface area contributed by atoms with Crippen LogP contribution in [0.3, 0.4) is 0 Å². The van der Waals surface area contributed by atoms with Crippen molar-refractivity contribution in [2.24, 2.45) is 17.6 Å². The van der Waals surface area contributed by atoms with Gasteiger partial charge in [-0.1, -0.05) is 19.3 Å². The third-order valence-corrected chi connectivity index (χ3v) is 6.65. The third-order valence-electron chi connectivity index (χ3n) is 4.94. The summed E-state index contributed by atoms with van der Waals surface area (Å²) in [6, 6.07) is 0.0486. The summed E-state index contributed by atoms with van der Waals surface area (Å²) in [6.45, 7) is 3.89. The van der Waals surface area contributed by atoms with Crippen LogP contribution in [0.2, 0.25) is 0 Å². The van der Waals surface area contributed by atoms with E-state index in [9.17, 15) is 8.42 Å². The Kier molecular flexibility index (Phi) is 5.84. The number of nitrogens with zero attached hydrogens (tertiary/aromatic N) is 1. The van der Waals surface area contributed by atoms with Gasteiger partial charge in [-0.15, -0.1) is 0 Å². The van der Waals surface area contributed by atoms with E-state index in [1.54, 1.807) is 4.31 Å². The van der Waals surface area contributed by atoms with Crippen LogP contribution in [0.4, 0.5) is 0 Å². The minimum absolute atomic E-state index is 0.0486. The van der Waals surface area contributed by atoms with Crippen LogP contribution in [0.5, 0.6) is 0 Å². The average Bonchev–Trinajstić information content (AvgIpc) is 2.48. The fourth-order valence-electron chi connectivity index (χ4n) is 3.43. The zero-order valence-electron chi connectivity index (χ0n) is 12.6. The molecule has 20 heavy (non-hydrogen) atoms. The van der Waals surface area contributed by atoms with Gasteiger partial charge < -0.3 is 5.73 Å². The summed E-state index contributed by atoms with van der Waals surface area (Å²) in [5.41, 5.74) is 5.65. The first-order valence-electron chi connectivity index (χ1n) is 8.00. The predicted octanol–water partition coefficient (Wildman–Crippen LogP) is 1.46. The molecule has 1 atom stereocenters. The van der Waals surface area contributed by atoms with E-state index in [1.165, 1.54) is 19.3 Å². The molecule has 1 aliphatic carbocycles. The van der Waals surface area contributed by atoms with E-state index in [2.05, 4.69) is 4.72 Å². The van der Waals surface area contributed by atoms with Crippen LogP contribution < -0.4 is 10.5 Å². The highest BCUT2D eigenvalue weighted by Crippen LogP contribution is 2.27. The van der Waals surface area contributed by atoms with Gasteiger partial charge in [-0.05, 0) is 51.0 Å². The fraction of sp³-hybridized carbons (Fsp3) is 1.00. The zero-order valence-corrected chi connectivity index (χ0v) is 13.4. The van der Waals surface area contributed by atoms with Crippen molar-refractivity contribution in [2.45, 2.75) is 57.9 Å². The molecule has 0 spiro atoms. The van der Waals surface area contributed by atoms with Crippen molar-refractivity contribution in [3.05, 3.63) is 0 Å². The quantitative estimate of drug-likeness (QED) is 0.807. The van der Waals surface area contributed by atoms with Crippen molar-refractivity contribution >= 4 is 10.2 Å². The number of nitrogens with two attached hydrogens (primary N) is 1. The smallest absolute Gasteiger partial charge is 0.279 e. The second-order valence-corrected chi connectivity index (χ2v) is 8.09. The van der Waals surface area contributed by atoms with Crippen LogP contribution in [-0.2, 0) is 10.2 Å². The lowest BCUT2D eigenvalue weighted by Crippen LogP contribution is -2.50. The van der Waals surface area contributed by atoms with Crippen molar-refractivity contribution in [1.29, 1.82) is 0 Å². The third kappa shape index (κ3) is 4.16. The topological polar surface area (TPSA) is 75.4 Å². The van der Waals surface area contributed by atoms with Gasteiger partial charge in [-0.25, -0.2) is 0 Å². The molecular formula is C14H29N3O2S. The van der Waals surface area contributed by atoms with Gasteiger partial charge in [0.2, 0.25) is 0 Å². The molecule has 6 heteroatoms. The summed E-state index contributed by atoms with van der Waals surface area (Å²) in [4.78, 5) is 0. The molecule has 1 unspecified atom stereocenters. The van der Waals surface area contributed by atoms with Crippen LogP contribution in [-0.4, -0.2) is 38.4 Å². The van der Waals surface area contributed by atoms with E-state index in [-0.39, 0.29) is 6.04 Å². The molecule has 0 amide bonds. The van der Waals surface area contributed by atoms with Gasteiger partial charge in [0.05, 0.1) is 0 Å². The van der Waals surface area contributed by atoms with Crippen LogP contribution >= 0.6 is 0 Å². The number of hydrogen-bond donors (Lipinski definition) is 2. The monoisotopic (exact) mass is 303 g/mol. The molecular weight excluding hydrogens is 274 g/mol. The number of nitrogens with one attached hydrogen (secondary N) is 1. The number of hydrogen-bond acceptors (Lipinski definition) is 3. The predicted molar refractivity (Wildman–Crippen MR) is 81.4 cm³/mol. The van der Waals surface area contributed by atoms with Gasteiger partial charge >= 0.3 is 0 Å². The molecule has 3 N–H and O–H groups in total. The molecule has 0 aromatic heterocycles. The normalized spacial score (nSPS) is 25.7. The van der Waals surface area contributed by atoms with Gasteiger partial charge in [0.1, 0.15) is 0 Å². The van der Waals surface area contributed by atoms with Crippen LogP contribution in [0.15, 0.2) is 0 Å². The molecule has 0 radical (unpaired) electrons. The van der Waals surface area contributed by atoms with Crippen LogP contribution in [0, 0.1) is 11.8 Å². The van der Waals surface area contributed by atoms with E-state index in [4.69, 9.17) is 5.73 Å². The van der Waals surface area contributed by atoms with Crippen molar-refractivity contribution in [3.63, 3.8) is 0 Å². The van der Waals surface area contributed by atoms with Crippen LogP contribution in [0.1, 0.15) is 51.9 Å². The average molecular weight is 303 g/mol. The Morgan fingerprint density at radius 1 is 1.15 bits per heavy atom. The second-order valence-electron chi connectivity index (χ2n) is 6.39. The molecule has 1 saturated carbocycles. The first kappa shape index (κ1) is 16.2. The lowest BCUT2D eigenvalue weighted by molar-refractivity contribution is 0.264. The number of piperidine rings is 1. The number of rotatable bonds is 5. The molecule has 1 aliphatic heterocycles. The maximum Gasteiger partial charge on any atom is 0.279 e. The summed E-state index contributed by atoms with van der Waals surface area (Å²) >= 11 is 0. The Hall–Kier alpha value is -0.170. The summed E-state index contributed by atoms with van der Waals surface area (Å²) in [5.74, 6) is 0.984. The lowest BCUT2D eigenvalue weighted by atomic mass is 9.85. The van der Waals surface area contributed by atoms with Gasteiger partial charge in [0.15, 0.2) is 0 Å². The molecule has 1 saturated heterocycles. The SMILES string of the molecule is CC(NS(=O)(=O)N1CCC(CN)CC1)C1CCCCC1. The van der Waals surface area contributed by atoms with E-state index >= 15 is 0 Å². The summed E-state index contributed by atoms with van der Waals surface area (Å²) in [5, 5.41) is 0. The second kappa shape index (κ2) is 7.20. The van der Waals surface area contributed by atoms with Crippen molar-refractivity contribution in [1.82, 2.24) is 9.03 Å². The van der Waals surface area contributed by atoms with Gasteiger partial charge in [-0.3, -0.25) is 0 Å². The molecule has 0 aromatic rings. The molecule has 2 aliphatic rings. The zero-order chi connectivity index (χ0) is 14.6. The Morgan fingerprint density at radius 2 is 1.75 bits per heavy atom. The highest BCUT2D eigenvalue weighted by atomic mass is 32.2. The standard InChI is InChI=1S/C14H29N3O2S/c1-12(14-5-3-2-4-6-14)16-20(18,19)17-9-7-13(11-15)8-10-17/h12-14,16H,2-11,15H2,1H3.